The van der Waals surface area contributed by atoms with Gasteiger partial charge in [0.2, 0.25) is 0 Å². The van der Waals surface area contributed by atoms with Crippen LogP contribution in [0.3, 0.4) is 0 Å². The molecule has 1 aliphatic rings. The highest BCUT2D eigenvalue weighted by atomic mass is 32.1. The van der Waals surface area contributed by atoms with Gasteiger partial charge < -0.3 is 9.64 Å². The molecule has 1 aromatic heterocycles. The van der Waals surface area contributed by atoms with Crippen LogP contribution in [0.5, 0.6) is 11.5 Å². The van der Waals surface area contributed by atoms with Gasteiger partial charge in [0.1, 0.15) is 0 Å². The van der Waals surface area contributed by atoms with Crippen molar-refractivity contribution >= 4 is 80.9 Å². The summed E-state index contributed by atoms with van der Waals surface area (Å²) < 4.78 is 9.68. The number of hydrogen-bond acceptors (Lipinski definition) is 3. The molecular formula is C54H33NOS. The van der Waals surface area contributed by atoms with Crippen molar-refractivity contribution in [2.75, 3.05) is 4.90 Å². The zero-order chi connectivity index (χ0) is 37.5. The normalized spacial score (nSPS) is 12.3. The molecule has 0 amide bonds. The first-order chi connectivity index (χ1) is 28.3. The van der Waals surface area contributed by atoms with Crippen LogP contribution >= 0.6 is 11.3 Å². The Bertz CT molecular complexity index is 3330. The van der Waals surface area contributed by atoms with Crippen LogP contribution in [-0.2, 0) is 0 Å². The SMILES string of the molecule is c1ccc(-c2ccc3sc4ccc(-c5ccc6c(c5)Oc5c(ccc7ccccc57)N6c5c6ccccc6c(-c6ccccc6)c6ccccc56)cc4c3c2)cc1. The molecule has 12 rings (SSSR count). The number of rotatable bonds is 4. The lowest BCUT2D eigenvalue weighted by Gasteiger charge is -2.35. The molecule has 3 heteroatoms. The van der Waals surface area contributed by atoms with Crippen molar-refractivity contribution in [3.8, 4) is 44.9 Å². The summed E-state index contributed by atoms with van der Waals surface area (Å²) in [7, 11) is 0. The Kier molecular flexibility index (Phi) is 7.13. The largest absolute Gasteiger partial charge is 0.452 e. The number of ether oxygens (including phenoxy) is 1. The van der Waals surface area contributed by atoms with E-state index in [1.54, 1.807) is 0 Å². The Morgan fingerprint density at radius 3 is 1.53 bits per heavy atom. The molecule has 0 N–H and O–H groups in total. The number of hydrogen-bond donors (Lipinski definition) is 0. The highest BCUT2D eigenvalue weighted by Gasteiger charge is 2.31. The molecule has 11 aromatic rings. The summed E-state index contributed by atoms with van der Waals surface area (Å²) in [4.78, 5) is 2.45. The van der Waals surface area contributed by atoms with E-state index in [2.05, 4.69) is 205 Å². The van der Waals surface area contributed by atoms with E-state index in [-0.39, 0.29) is 0 Å². The van der Waals surface area contributed by atoms with Crippen molar-refractivity contribution < 1.29 is 4.74 Å². The first-order valence-electron chi connectivity index (χ1n) is 19.4. The molecule has 0 radical (unpaired) electrons. The van der Waals surface area contributed by atoms with Gasteiger partial charge in [0, 0.05) is 36.3 Å². The van der Waals surface area contributed by atoms with Crippen molar-refractivity contribution in [1.29, 1.82) is 0 Å². The lowest BCUT2D eigenvalue weighted by molar-refractivity contribution is 0.483. The molecule has 0 fully saturated rings. The minimum atomic E-state index is 0.832. The maximum absolute atomic E-state index is 7.09. The number of nitrogens with zero attached hydrogens (tertiary/aromatic N) is 1. The molecule has 1 aliphatic heterocycles. The second-order valence-corrected chi connectivity index (χ2v) is 15.9. The zero-order valence-corrected chi connectivity index (χ0v) is 31.6. The van der Waals surface area contributed by atoms with Gasteiger partial charge in [-0.1, -0.05) is 158 Å². The molecular weight excluding hydrogens is 711 g/mol. The molecule has 10 aromatic carbocycles. The van der Waals surface area contributed by atoms with Crippen molar-refractivity contribution in [1.82, 2.24) is 0 Å². The van der Waals surface area contributed by atoms with E-state index in [0.29, 0.717) is 0 Å². The van der Waals surface area contributed by atoms with E-state index in [4.69, 9.17) is 4.74 Å². The Morgan fingerprint density at radius 2 is 0.860 bits per heavy atom. The summed E-state index contributed by atoms with van der Waals surface area (Å²) in [5.41, 5.74) is 10.4. The Balaban J connectivity index is 1.09. The third-order valence-electron chi connectivity index (χ3n) is 11.6. The summed E-state index contributed by atoms with van der Waals surface area (Å²) in [6.07, 6.45) is 0. The van der Waals surface area contributed by atoms with Crippen LogP contribution in [0.25, 0.3) is 85.9 Å². The van der Waals surface area contributed by atoms with Gasteiger partial charge >= 0.3 is 0 Å². The number of anilines is 3. The fourth-order valence-electron chi connectivity index (χ4n) is 8.98. The highest BCUT2D eigenvalue weighted by molar-refractivity contribution is 7.25. The molecule has 0 atom stereocenters. The lowest BCUT2D eigenvalue weighted by atomic mass is 9.89. The summed E-state index contributed by atoms with van der Waals surface area (Å²) >= 11 is 1.85. The van der Waals surface area contributed by atoms with Crippen molar-refractivity contribution in [3.05, 3.63) is 200 Å². The maximum atomic E-state index is 7.09. The fraction of sp³-hybridized carbons (Fsp3) is 0. The smallest absolute Gasteiger partial charge is 0.159 e. The highest BCUT2D eigenvalue weighted by Crippen LogP contribution is 2.57. The van der Waals surface area contributed by atoms with Crippen molar-refractivity contribution in [2.45, 2.75) is 0 Å². The molecule has 0 aliphatic carbocycles. The van der Waals surface area contributed by atoms with E-state index in [9.17, 15) is 0 Å². The van der Waals surface area contributed by atoms with E-state index in [1.165, 1.54) is 64.0 Å². The fourth-order valence-corrected chi connectivity index (χ4v) is 10.1. The van der Waals surface area contributed by atoms with Gasteiger partial charge in [-0.3, -0.25) is 0 Å². The minimum Gasteiger partial charge on any atom is -0.452 e. The second kappa shape index (κ2) is 12.7. The molecule has 2 heterocycles. The van der Waals surface area contributed by atoms with E-state index < -0.39 is 0 Å². The Labute approximate surface area is 334 Å². The van der Waals surface area contributed by atoms with Crippen LogP contribution in [0.1, 0.15) is 0 Å². The molecule has 57 heavy (non-hydrogen) atoms. The van der Waals surface area contributed by atoms with Crippen LogP contribution in [-0.4, -0.2) is 0 Å². The predicted octanol–water partition coefficient (Wildman–Crippen LogP) is 16.1. The predicted molar refractivity (Wildman–Crippen MR) is 243 cm³/mol. The lowest BCUT2D eigenvalue weighted by Crippen LogP contribution is -2.17. The van der Waals surface area contributed by atoms with Crippen LogP contribution in [0.2, 0.25) is 0 Å². The van der Waals surface area contributed by atoms with E-state index >= 15 is 0 Å². The number of thiophene rings is 1. The topological polar surface area (TPSA) is 12.5 Å². The van der Waals surface area contributed by atoms with Crippen molar-refractivity contribution in [2.24, 2.45) is 0 Å². The quantitative estimate of drug-likeness (QED) is 0.166. The summed E-state index contributed by atoms with van der Waals surface area (Å²) in [5.74, 6) is 1.70. The summed E-state index contributed by atoms with van der Waals surface area (Å²) in [5, 5.41) is 9.62. The van der Waals surface area contributed by atoms with Crippen LogP contribution in [0.4, 0.5) is 17.1 Å². The molecule has 0 unspecified atom stereocenters. The standard InChI is InChI=1S/C54H33NOS/c1-3-13-34(14-4-1)37-25-29-50-45(31-37)46-32-38(26-30-51(46)57-50)39-24-27-47-49(33-39)56-54-40-18-8-7-15-35(40)23-28-48(54)55(47)53-43-21-11-9-19-41(43)52(36-16-5-2-6-17-36)42-20-10-12-22-44(42)53/h1-33H. The van der Waals surface area contributed by atoms with Crippen LogP contribution < -0.4 is 9.64 Å². The van der Waals surface area contributed by atoms with Gasteiger partial charge in [-0.25, -0.2) is 0 Å². The van der Waals surface area contributed by atoms with E-state index in [0.717, 1.165) is 50.5 Å². The zero-order valence-electron chi connectivity index (χ0n) is 30.8. The molecule has 0 spiro atoms. The Morgan fingerprint density at radius 1 is 0.351 bits per heavy atom. The maximum Gasteiger partial charge on any atom is 0.159 e. The van der Waals surface area contributed by atoms with E-state index in [1.807, 2.05) is 11.3 Å². The average Bonchev–Trinajstić information content (AvgIpc) is 3.65. The third kappa shape index (κ3) is 5.03. The van der Waals surface area contributed by atoms with Crippen LogP contribution in [0, 0.1) is 0 Å². The van der Waals surface area contributed by atoms with Crippen molar-refractivity contribution in [3.63, 3.8) is 0 Å². The number of fused-ring (bicyclic) bond motifs is 9. The average molecular weight is 744 g/mol. The first-order valence-corrected chi connectivity index (χ1v) is 20.2. The summed E-state index contributed by atoms with van der Waals surface area (Å²) in [6, 6.07) is 72.6. The molecule has 266 valence electrons. The third-order valence-corrected chi connectivity index (χ3v) is 12.8. The minimum absolute atomic E-state index is 0.832. The van der Waals surface area contributed by atoms with Gasteiger partial charge in [-0.15, -0.1) is 11.3 Å². The molecule has 2 nitrogen and oxygen atoms in total. The Hall–Kier alpha value is -7.20. The molecule has 0 saturated carbocycles. The molecule has 0 saturated heterocycles. The second-order valence-electron chi connectivity index (χ2n) is 14.8. The monoisotopic (exact) mass is 743 g/mol. The van der Waals surface area contributed by atoms with Crippen LogP contribution in [0.15, 0.2) is 200 Å². The van der Waals surface area contributed by atoms with Gasteiger partial charge in [0.05, 0.1) is 17.1 Å². The number of benzene rings is 10. The van der Waals surface area contributed by atoms with Gasteiger partial charge in [-0.05, 0) is 92.0 Å². The van der Waals surface area contributed by atoms with Gasteiger partial charge in [0.25, 0.3) is 0 Å². The summed E-state index contributed by atoms with van der Waals surface area (Å²) in [6.45, 7) is 0. The molecule has 0 bridgehead atoms. The van der Waals surface area contributed by atoms with Gasteiger partial charge in [0.15, 0.2) is 11.5 Å². The first kappa shape index (κ1) is 32.1. The van der Waals surface area contributed by atoms with Gasteiger partial charge in [-0.2, -0.15) is 0 Å².